The molecule has 0 unspecified atom stereocenters. The number of rotatable bonds is 110. The van der Waals surface area contributed by atoms with Crippen LogP contribution < -0.4 is 0 Å². The zero-order chi connectivity index (χ0) is 85.6. The minimum absolute atomic E-state index is 0.0716. The fourth-order valence-corrected chi connectivity index (χ4v) is 9.59. The van der Waals surface area contributed by atoms with Gasteiger partial charge in [0.15, 0.2) is 0 Å². The van der Waals surface area contributed by atoms with Crippen LogP contribution in [0.15, 0.2) is 29.2 Å². The fraction of sp³-hybridized carbons (Fsp3) is 0.925. The van der Waals surface area contributed by atoms with E-state index < -0.39 is 10.1 Å². The highest BCUT2D eigenvalue weighted by Crippen LogP contribution is 2.13. The van der Waals surface area contributed by atoms with Crippen LogP contribution in [0.4, 0.5) is 0 Å². The van der Waals surface area contributed by atoms with Crippen LogP contribution in [0.25, 0.3) is 0 Å². The molecule has 0 atom stereocenters. The van der Waals surface area contributed by atoms with E-state index in [0.717, 1.165) is 5.56 Å². The third-order valence-corrected chi connectivity index (χ3v) is 16.2. The highest BCUT2D eigenvalue weighted by Gasteiger charge is 2.15. The Morgan fingerprint density at radius 2 is 0.242 bits per heavy atom. The highest BCUT2D eigenvalue weighted by molar-refractivity contribution is 7.86. The highest BCUT2D eigenvalue weighted by atomic mass is 32.2. The second-order valence-electron chi connectivity index (χ2n) is 24.5. The monoisotopic (exact) mass is 1770 g/mol. The molecule has 0 saturated heterocycles. The molecule has 0 aliphatic rings. The average molecular weight is 1770 g/mol. The van der Waals surface area contributed by atoms with Crippen LogP contribution in [-0.2, 0) is 185 Å². The van der Waals surface area contributed by atoms with Crippen molar-refractivity contribution in [2.24, 2.45) is 0 Å². The summed E-state index contributed by atoms with van der Waals surface area (Å²) in [7, 11) is -2.15. The summed E-state index contributed by atoms with van der Waals surface area (Å²) >= 11 is 0. The van der Waals surface area contributed by atoms with Crippen LogP contribution in [0.1, 0.15) is 5.56 Å². The standard InChI is InChI=1S/C80H154O39S/c1-79-3-5-80(6-4-79)120(81,82)119-78-77-118-76-75-117-74-73-116-72-71-115-70-69-114-68-67-113-66-65-112-64-63-111-62-61-110-60-59-109-58-57-108-56-55-107-54-53-106-52-51-105-50-49-104-48-47-103-46-45-102-44-43-101-42-41-100-40-39-99-38-37-98-36-35-97-34-33-96-32-31-95-30-29-94-28-27-93-26-25-92-24-23-91-22-21-90-20-19-89-18-17-88-16-15-87-14-13-86-12-11-85-10-9-84-8-7-83-2/h3-6H,7-78H2,1-2H3. The summed E-state index contributed by atoms with van der Waals surface area (Å²) in [6, 6.07) is 6.47. The third kappa shape index (κ3) is 97.9. The van der Waals surface area contributed by atoms with E-state index in [1.165, 1.54) is 12.1 Å². The number of hydrogen-bond donors (Lipinski definition) is 0. The Labute approximate surface area is 714 Å². The summed E-state index contributed by atoms with van der Waals surface area (Å²) < 4.78 is 227. The molecule has 40 heteroatoms. The van der Waals surface area contributed by atoms with Crippen molar-refractivity contribution in [1.29, 1.82) is 0 Å². The van der Waals surface area contributed by atoms with E-state index in [1.54, 1.807) is 19.2 Å². The van der Waals surface area contributed by atoms with E-state index in [1.807, 2.05) is 6.92 Å². The van der Waals surface area contributed by atoms with Gasteiger partial charge < -0.3 is 171 Å². The number of methoxy groups -OCH3 is 1. The minimum Gasteiger partial charge on any atom is -0.382 e. The topological polar surface area (TPSA) is 376 Å². The Balaban J connectivity index is 1.59. The van der Waals surface area contributed by atoms with E-state index in [4.69, 9.17) is 175 Å². The molecule has 0 amide bonds. The second kappa shape index (κ2) is 104. The van der Waals surface area contributed by atoms with Crippen LogP contribution in [-0.4, -0.2) is 491 Å². The largest absolute Gasteiger partial charge is 0.382 e. The van der Waals surface area contributed by atoms with E-state index in [-0.39, 0.29) is 18.1 Å². The molecule has 1 aromatic rings. The molecule has 714 valence electrons. The summed E-state index contributed by atoms with van der Waals surface area (Å²) in [4.78, 5) is 0.120. The van der Waals surface area contributed by atoms with Gasteiger partial charge in [-0.25, -0.2) is 0 Å². The van der Waals surface area contributed by atoms with E-state index in [9.17, 15) is 8.42 Å². The molecule has 0 saturated carbocycles. The number of ether oxygens (including phenoxy) is 36. The van der Waals surface area contributed by atoms with Gasteiger partial charge in [0.2, 0.25) is 0 Å². The zero-order valence-corrected chi connectivity index (χ0v) is 73.4. The van der Waals surface area contributed by atoms with Gasteiger partial charge in [-0.3, -0.25) is 4.18 Å². The Morgan fingerprint density at radius 3 is 0.342 bits per heavy atom. The number of benzene rings is 1. The van der Waals surface area contributed by atoms with Crippen molar-refractivity contribution in [2.45, 2.75) is 11.8 Å². The Morgan fingerprint density at radius 1 is 0.150 bits per heavy atom. The smallest absolute Gasteiger partial charge is 0.297 e. The maximum atomic E-state index is 12.2. The van der Waals surface area contributed by atoms with Crippen LogP contribution in [0, 0.1) is 6.92 Å². The first-order chi connectivity index (χ1) is 59.6. The minimum atomic E-state index is -3.79. The first-order valence-corrected chi connectivity index (χ1v) is 43.6. The predicted octanol–water partition coefficient (Wildman–Crippen LogP) is 1.93. The number of hydrogen-bond acceptors (Lipinski definition) is 39. The van der Waals surface area contributed by atoms with Gasteiger partial charge in [-0.1, -0.05) is 17.7 Å². The van der Waals surface area contributed by atoms with Crippen molar-refractivity contribution in [3.63, 3.8) is 0 Å². The van der Waals surface area contributed by atoms with Crippen molar-refractivity contribution in [2.75, 3.05) is 483 Å². The molecular formula is C80H154O39S. The van der Waals surface area contributed by atoms with E-state index >= 15 is 0 Å². The molecule has 39 nitrogen and oxygen atoms in total. The summed E-state index contributed by atoms with van der Waals surface area (Å²) in [6.07, 6.45) is 0. The van der Waals surface area contributed by atoms with Crippen molar-refractivity contribution in [3.8, 4) is 0 Å². The van der Waals surface area contributed by atoms with Gasteiger partial charge in [-0.05, 0) is 19.1 Å². The Hall–Kier alpha value is -2.31. The molecule has 0 aromatic heterocycles. The first-order valence-electron chi connectivity index (χ1n) is 42.2. The van der Waals surface area contributed by atoms with Crippen molar-refractivity contribution < 1.29 is 183 Å². The van der Waals surface area contributed by atoms with Gasteiger partial charge in [0.25, 0.3) is 10.1 Å². The maximum Gasteiger partial charge on any atom is 0.297 e. The first kappa shape index (κ1) is 116. The van der Waals surface area contributed by atoms with Gasteiger partial charge in [0.05, 0.1) is 481 Å². The van der Waals surface area contributed by atoms with Gasteiger partial charge in [0.1, 0.15) is 0 Å². The van der Waals surface area contributed by atoms with Crippen LogP contribution in [0.2, 0.25) is 0 Å². The fourth-order valence-electron chi connectivity index (χ4n) is 8.70. The SMILES string of the molecule is COCCOCCOCCOCCOCCOCCOCCOCCOCCOCCOCCOCCOCCOCCOCCOCCOCCOCCOCCOCCOCCOCCOCCOCCOCCOCCOCCOCCOCCOCCOCCOCCOCCOCCOCCOCCOS(=O)(=O)c1ccc(C)cc1. The lowest BCUT2D eigenvalue weighted by Gasteiger charge is -2.09. The third-order valence-electron chi connectivity index (χ3n) is 14.9. The van der Waals surface area contributed by atoms with Gasteiger partial charge in [-0.15, -0.1) is 0 Å². The molecule has 0 spiro atoms. The predicted molar refractivity (Wildman–Crippen MR) is 435 cm³/mol. The molecule has 0 N–H and O–H groups in total. The summed E-state index contributed by atoms with van der Waals surface area (Å²) in [5.41, 5.74) is 0.967. The summed E-state index contributed by atoms with van der Waals surface area (Å²) in [6.45, 7) is 35.2. The zero-order valence-electron chi connectivity index (χ0n) is 72.6. The van der Waals surface area contributed by atoms with Crippen LogP contribution in [0.5, 0.6) is 0 Å². The van der Waals surface area contributed by atoms with Gasteiger partial charge >= 0.3 is 0 Å². The summed E-state index contributed by atoms with van der Waals surface area (Å²) in [5, 5.41) is 0. The molecule has 0 bridgehead atoms. The molecule has 0 aliphatic heterocycles. The second-order valence-corrected chi connectivity index (χ2v) is 26.1. The normalized spacial score (nSPS) is 11.9. The maximum absolute atomic E-state index is 12.2. The van der Waals surface area contributed by atoms with E-state index in [0.29, 0.717) is 462 Å². The quantitative estimate of drug-likeness (QED) is 0.0664. The lowest BCUT2D eigenvalue weighted by Crippen LogP contribution is -2.16. The van der Waals surface area contributed by atoms with Gasteiger partial charge in [0, 0.05) is 7.11 Å². The molecule has 120 heavy (non-hydrogen) atoms. The van der Waals surface area contributed by atoms with Crippen molar-refractivity contribution >= 4 is 10.1 Å². The van der Waals surface area contributed by atoms with Crippen LogP contribution in [0.3, 0.4) is 0 Å². The molecule has 1 rings (SSSR count). The number of aryl methyl sites for hydroxylation is 1. The average Bonchev–Trinajstić information content (AvgIpc) is 0.848. The molecular weight excluding hydrogens is 1620 g/mol. The van der Waals surface area contributed by atoms with Crippen molar-refractivity contribution in [1.82, 2.24) is 0 Å². The van der Waals surface area contributed by atoms with Crippen LogP contribution >= 0.6 is 0 Å². The van der Waals surface area contributed by atoms with Crippen molar-refractivity contribution in [3.05, 3.63) is 29.8 Å². The molecule has 0 aliphatic carbocycles. The molecule has 0 fully saturated rings. The van der Waals surface area contributed by atoms with E-state index in [2.05, 4.69) is 0 Å². The molecule has 0 heterocycles. The Kier molecular flexibility index (Phi) is 100. The molecule has 0 radical (unpaired) electrons. The lowest BCUT2D eigenvalue weighted by atomic mass is 10.2. The summed E-state index contributed by atoms with van der Waals surface area (Å²) in [5.74, 6) is 0. The Bertz CT molecular complexity index is 2120. The lowest BCUT2D eigenvalue weighted by molar-refractivity contribution is -0.0327. The van der Waals surface area contributed by atoms with Gasteiger partial charge in [-0.2, -0.15) is 8.42 Å². The molecule has 1 aromatic carbocycles.